The van der Waals surface area contributed by atoms with E-state index in [2.05, 4.69) is 39.1 Å². The molecule has 2 aromatic rings. The second kappa shape index (κ2) is 5.36. The van der Waals surface area contributed by atoms with Gasteiger partial charge >= 0.3 is 0 Å². The Labute approximate surface area is 112 Å². The van der Waals surface area contributed by atoms with E-state index in [9.17, 15) is 5.11 Å². The van der Waals surface area contributed by atoms with Gasteiger partial charge in [-0.05, 0) is 12.0 Å². The van der Waals surface area contributed by atoms with Crippen molar-refractivity contribution in [1.29, 1.82) is 0 Å². The molecule has 0 spiro atoms. The number of hydrogen-bond donors (Lipinski definition) is 1. The summed E-state index contributed by atoms with van der Waals surface area (Å²) in [5.74, 6) is 0.145. The van der Waals surface area contributed by atoms with Gasteiger partial charge in [-0.15, -0.1) is 0 Å². The van der Waals surface area contributed by atoms with Crippen LogP contribution in [0.1, 0.15) is 16.8 Å². The zero-order valence-corrected chi connectivity index (χ0v) is 10.8. The van der Waals surface area contributed by atoms with E-state index < -0.39 is 0 Å². The lowest BCUT2D eigenvalue weighted by Crippen LogP contribution is -2.25. The molecule has 3 rings (SSSR count). The van der Waals surface area contributed by atoms with Crippen molar-refractivity contribution in [2.45, 2.75) is 19.4 Å². The van der Waals surface area contributed by atoms with E-state index in [1.807, 2.05) is 6.07 Å². The van der Waals surface area contributed by atoms with Crippen LogP contribution in [0.4, 0.5) is 0 Å². The number of rotatable bonds is 2. The summed E-state index contributed by atoms with van der Waals surface area (Å²) >= 11 is 0. The monoisotopic (exact) mass is 255 g/mol. The lowest BCUT2D eigenvalue weighted by Gasteiger charge is -2.19. The number of nitrogens with zero attached hydrogens (tertiary/aromatic N) is 3. The van der Waals surface area contributed by atoms with Crippen molar-refractivity contribution in [3.05, 3.63) is 53.5 Å². The Balaban J connectivity index is 1.72. The maximum Gasteiger partial charge on any atom is 0.217 e. The first-order chi connectivity index (χ1) is 9.33. The molecule has 1 aromatic carbocycles. The summed E-state index contributed by atoms with van der Waals surface area (Å²) in [4.78, 5) is 10.6. The SMILES string of the molecule is Oc1ncnc2c1CCN(Cc1ccccc1)CC2. The largest absolute Gasteiger partial charge is 0.493 e. The van der Waals surface area contributed by atoms with Gasteiger partial charge in [0.2, 0.25) is 5.88 Å². The summed E-state index contributed by atoms with van der Waals surface area (Å²) in [5, 5.41) is 9.79. The molecule has 0 radical (unpaired) electrons. The summed E-state index contributed by atoms with van der Waals surface area (Å²) in [5.41, 5.74) is 3.23. The first kappa shape index (κ1) is 12.1. The molecule has 0 unspecified atom stereocenters. The average molecular weight is 255 g/mol. The van der Waals surface area contributed by atoms with Crippen molar-refractivity contribution in [3.63, 3.8) is 0 Å². The average Bonchev–Trinajstić information content (AvgIpc) is 2.64. The molecule has 1 aliphatic heterocycles. The number of fused-ring (bicyclic) bond motifs is 1. The van der Waals surface area contributed by atoms with Crippen molar-refractivity contribution >= 4 is 0 Å². The molecule has 2 heterocycles. The Morgan fingerprint density at radius 1 is 1.05 bits per heavy atom. The molecule has 0 aliphatic carbocycles. The van der Waals surface area contributed by atoms with Crippen molar-refractivity contribution in [2.24, 2.45) is 0 Å². The Morgan fingerprint density at radius 3 is 2.68 bits per heavy atom. The summed E-state index contributed by atoms with van der Waals surface area (Å²) in [6.45, 7) is 2.85. The third-order valence-corrected chi connectivity index (χ3v) is 3.60. The van der Waals surface area contributed by atoms with E-state index in [0.29, 0.717) is 0 Å². The number of aromatic nitrogens is 2. The highest BCUT2D eigenvalue weighted by Crippen LogP contribution is 2.21. The molecule has 0 atom stereocenters. The first-order valence-corrected chi connectivity index (χ1v) is 6.61. The van der Waals surface area contributed by atoms with E-state index in [-0.39, 0.29) is 5.88 Å². The third-order valence-electron chi connectivity index (χ3n) is 3.60. The highest BCUT2D eigenvalue weighted by Gasteiger charge is 2.18. The second-order valence-electron chi connectivity index (χ2n) is 4.88. The smallest absolute Gasteiger partial charge is 0.217 e. The van der Waals surface area contributed by atoms with Gasteiger partial charge in [-0.25, -0.2) is 9.97 Å². The first-order valence-electron chi connectivity index (χ1n) is 6.61. The maximum atomic E-state index is 9.79. The molecule has 4 heteroatoms. The van der Waals surface area contributed by atoms with Gasteiger partial charge in [0.1, 0.15) is 6.33 Å². The molecular formula is C15H17N3O. The standard InChI is InChI=1S/C15H17N3O/c19-15-13-6-8-18(9-7-14(13)16-11-17-15)10-12-4-2-1-3-5-12/h1-5,11H,6-10H2,(H,16,17,19). The Bertz CT molecular complexity index is 557. The Morgan fingerprint density at radius 2 is 1.84 bits per heavy atom. The molecule has 1 aromatic heterocycles. The van der Waals surface area contributed by atoms with E-state index in [1.165, 1.54) is 11.9 Å². The zero-order valence-electron chi connectivity index (χ0n) is 10.8. The molecule has 0 amide bonds. The third kappa shape index (κ3) is 2.74. The van der Waals surface area contributed by atoms with E-state index in [4.69, 9.17) is 0 Å². The van der Waals surface area contributed by atoms with Gasteiger partial charge in [-0.3, -0.25) is 4.90 Å². The molecule has 0 fully saturated rings. The van der Waals surface area contributed by atoms with Crippen LogP contribution < -0.4 is 0 Å². The van der Waals surface area contributed by atoms with Gasteiger partial charge in [0.15, 0.2) is 0 Å². The molecule has 4 nitrogen and oxygen atoms in total. The highest BCUT2D eigenvalue weighted by atomic mass is 16.3. The lowest BCUT2D eigenvalue weighted by molar-refractivity contribution is 0.278. The fourth-order valence-corrected chi connectivity index (χ4v) is 2.56. The second-order valence-corrected chi connectivity index (χ2v) is 4.88. The summed E-state index contributed by atoms with van der Waals surface area (Å²) < 4.78 is 0. The lowest BCUT2D eigenvalue weighted by atomic mass is 10.1. The van der Waals surface area contributed by atoms with Crippen molar-refractivity contribution in [3.8, 4) is 5.88 Å². The zero-order chi connectivity index (χ0) is 13.1. The van der Waals surface area contributed by atoms with Crippen LogP contribution in [0.25, 0.3) is 0 Å². The van der Waals surface area contributed by atoms with E-state index in [1.54, 1.807) is 0 Å². The van der Waals surface area contributed by atoms with Crippen LogP contribution in [0.15, 0.2) is 36.7 Å². The summed E-state index contributed by atoms with van der Waals surface area (Å²) in [7, 11) is 0. The van der Waals surface area contributed by atoms with Gasteiger partial charge in [-0.2, -0.15) is 0 Å². The van der Waals surface area contributed by atoms with Crippen LogP contribution in [-0.4, -0.2) is 33.1 Å². The van der Waals surface area contributed by atoms with Gasteiger partial charge in [0, 0.05) is 31.6 Å². The van der Waals surface area contributed by atoms with Crippen molar-refractivity contribution < 1.29 is 5.11 Å². The predicted octanol–water partition coefficient (Wildman–Crippen LogP) is 1.78. The highest BCUT2D eigenvalue weighted by molar-refractivity contribution is 5.30. The molecule has 0 saturated heterocycles. The van der Waals surface area contributed by atoms with Crippen LogP contribution in [0.5, 0.6) is 5.88 Å². The topological polar surface area (TPSA) is 49.3 Å². The normalized spacial score (nSPS) is 15.8. The van der Waals surface area contributed by atoms with Crippen LogP contribution in [0.2, 0.25) is 0 Å². The maximum absolute atomic E-state index is 9.79. The van der Waals surface area contributed by atoms with Gasteiger partial charge < -0.3 is 5.11 Å². The van der Waals surface area contributed by atoms with Gasteiger partial charge in [0.25, 0.3) is 0 Å². The molecule has 98 valence electrons. The fourth-order valence-electron chi connectivity index (χ4n) is 2.56. The van der Waals surface area contributed by atoms with Crippen LogP contribution in [0.3, 0.4) is 0 Å². The van der Waals surface area contributed by atoms with Gasteiger partial charge in [0.05, 0.1) is 5.69 Å². The van der Waals surface area contributed by atoms with E-state index >= 15 is 0 Å². The molecular weight excluding hydrogens is 238 g/mol. The van der Waals surface area contributed by atoms with Crippen LogP contribution in [0, 0.1) is 0 Å². The van der Waals surface area contributed by atoms with Crippen molar-refractivity contribution in [2.75, 3.05) is 13.1 Å². The van der Waals surface area contributed by atoms with Crippen molar-refractivity contribution in [1.82, 2.24) is 14.9 Å². The quantitative estimate of drug-likeness (QED) is 0.888. The summed E-state index contributed by atoms with van der Waals surface area (Å²) in [6.07, 6.45) is 3.13. The molecule has 0 bridgehead atoms. The predicted molar refractivity (Wildman–Crippen MR) is 72.8 cm³/mol. The Kier molecular flexibility index (Phi) is 3.42. The summed E-state index contributed by atoms with van der Waals surface area (Å²) in [6, 6.07) is 10.5. The number of hydrogen-bond acceptors (Lipinski definition) is 4. The Hall–Kier alpha value is -1.94. The molecule has 1 N–H and O–H groups in total. The number of aromatic hydroxyl groups is 1. The van der Waals surface area contributed by atoms with Gasteiger partial charge in [-0.1, -0.05) is 30.3 Å². The molecule has 19 heavy (non-hydrogen) atoms. The van der Waals surface area contributed by atoms with Crippen LogP contribution in [-0.2, 0) is 19.4 Å². The van der Waals surface area contributed by atoms with Crippen LogP contribution >= 0.6 is 0 Å². The minimum atomic E-state index is 0.145. The fraction of sp³-hybridized carbons (Fsp3) is 0.333. The molecule has 0 saturated carbocycles. The minimum absolute atomic E-state index is 0.145. The van der Waals surface area contributed by atoms with E-state index in [0.717, 1.165) is 43.7 Å². The minimum Gasteiger partial charge on any atom is -0.493 e. The number of benzene rings is 1. The molecule has 1 aliphatic rings.